The molecule has 0 spiro atoms. The smallest absolute Gasteiger partial charge is 0.331 e. The predicted molar refractivity (Wildman–Crippen MR) is 59.5 cm³/mol. The lowest BCUT2D eigenvalue weighted by molar-refractivity contribution is -0.139. The van der Waals surface area contributed by atoms with E-state index in [0.717, 1.165) is 0 Å². The molecule has 0 saturated carbocycles. The van der Waals surface area contributed by atoms with Crippen molar-refractivity contribution in [2.24, 2.45) is 0 Å². The van der Waals surface area contributed by atoms with Gasteiger partial charge < -0.3 is 10.2 Å². The van der Waals surface area contributed by atoms with Crippen molar-refractivity contribution < 1.29 is 19.8 Å². The van der Waals surface area contributed by atoms with Gasteiger partial charge in [-0.05, 0) is 30.6 Å². The maximum Gasteiger partial charge on any atom is 0.331 e. The van der Waals surface area contributed by atoms with E-state index >= 15 is 0 Å². The van der Waals surface area contributed by atoms with Crippen molar-refractivity contribution in [2.75, 3.05) is 0 Å². The Morgan fingerprint density at radius 1 is 1.50 bits per heavy atom. The first-order chi connectivity index (χ1) is 7.31. The summed E-state index contributed by atoms with van der Waals surface area (Å²) in [5.41, 5.74) is 1.38. The number of halogens is 1. The molecule has 0 heterocycles. The zero-order chi connectivity index (χ0) is 12.5. The van der Waals surface area contributed by atoms with Gasteiger partial charge in [0.05, 0.1) is 0 Å². The van der Waals surface area contributed by atoms with Crippen LogP contribution in [0.5, 0.6) is 0 Å². The Kier molecular flexibility index (Phi) is 3.43. The van der Waals surface area contributed by atoms with Crippen LogP contribution in [0.1, 0.15) is 26.7 Å². The summed E-state index contributed by atoms with van der Waals surface area (Å²) in [6, 6.07) is 0. The number of carbonyl (C=O) groups is 2. The minimum Gasteiger partial charge on any atom is -0.480 e. The molecule has 0 amide bonds. The second kappa shape index (κ2) is 4.29. The summed E-state index contributed by atoms with van der Waals surface area (Å²) < 4.78 is 0. The summed E-state index contributed by atoms with van der Waals surface area (Å²) in [5, 5.41) is 18.0. The normalized spacial score (nSPS) is 25.3. The molecule has 1 unspecified atom stereocenters. The maximum atomic E-state index is 11.0. The van der Waals surface area contributed by atoms with E-state index < -0.39 is 16.8 Å². The van der Waals surface area contributed by atoms with E-state index in [4.69, 9.17) is 21.8 Å². The van der Waals surface area contributed by atoms with E-state index in [1.54, 1.807) is 6.92 Å². The lowest BCUT2D eigenvalue weighted by Gasteiger charge is -2.26. The first-order valence-electron chi connectivity index (χ1n) is 4.89. The second-order valence-electron chi connectivity index (χ2n) is 3.78. The Labute approximate surface area is 98.2 Å². The van der Waals surface area contributed by atoms with E-state index in [9.17, 15) is 9.59 Å². The van der Waals surface area contributed by atoms with Crippen LogP contribution in [0, 0.1) is 0 Å². The Morgan fingerprint density at radius 2 is 2.06 bits per heavy atom. The minimum absolute atomic E-state index is 0.0803. The van der Waals surface area contributed by atoms with Gasteiger partial charge in [0, 0.05) is 12.0 Å². The van der Waals surface area contributed by atoms with E-state index in [1.165, 1.54) is 6.08 Å². The molecular weight excluding hydrogens is 232 g/mol. The summed E-state index contributed by atoms with van der Waals surface area (Å²) in [5.74, 6) is -2.32. The fraction of sp³-hybridized carbons (Fsp3) is 0.455. The van der Waals surface area contributed by atoms with Crippen molar-refractivity contribution in [1.29, 1.82) is 0 Å². The van der Waals surface area contributed by atoms with Crippen molar-refractivity contribution in [3.05, 3.63) is 22.8 Å². The largest absolute Gasteiger partial charge is 0.480 e. The Bertz CT molecular complexity index is 408. The van der Waals surface area contributed by atoms with E-state index in [-0.39, 0.29) is 12.0 Å². The van der Waals surface area contributed by atoms with Gasteiger partial charge in [-0.2, -0.15) is 0 Å². The van der Waals surface area contributed by atoms with Crippen LogP contribution in [0.25, 0.3) is 0 Å². The summed E-state index contributed by atoms with van der Waals surface area (Å²) in [6.45, 7) is 3.51. The highest BCUT2D eigenvalue weighted by Gasteiger charge is 2.40. The average Bonchev–Trinajstić information content (AvgIpc) is 2.20. The molecule has 0 aromatic heterocycles. The summed E-state index contributed by atoms with van der Waals surface area (Å²) in [6.07, 6.45) is 1.82. The standard InChI is InChI=1S/C11H13ClO4/c1-3-7-4-11(12,10(15)16)5-8(6(7)2)9(13)14/h4H,3,5H2,1-2H3,(H,13,14)(H,15,16). The lowest BCUT2D eigenvalue weighted by Crippen LogP contribution is -2.35. The molecule has 0 bridgehead atoms. The number of allylic oxidation sites excluding steroid dienone is 2. The first kappa shape index (κ1) is 12.8. The van der Waals surface area contributed by atoms with Crippen LogP contribution in [0.3, 0.4) is 0 Å². The Balaban J connectivity index is 3.28. The molecule has 0 aliphatic heterocycles. The fourth-order valence-corrected chi connectivity index (χ4v) is 2.03. The molecule has 1 atom stereocenters. The monoisotopic (exact) mass is 244 g/mol. The number of aliphatic carboxylic acids is 2. The van der Waals surface area contributed by atoms with E-state index in [0.29, 0.717) is 17.6 Å². The van der Waals surface area contributed by atoms with Crippen molar-refractivity contribution >= 4 is 23.5 Å². The number of hydrogen-bond donors (Lipinski definition) is 2. The van der Waals surface area contributed by atoms with Gasteiger partial charge in [0.2, 0.25) is 0 Å². The molecule has 2 N–H and O–H groups in total. The van der Waals surface area contributed by atoms with Crippen LogP contribution >= 0.6 is 11.6 Å². The van der Waals surface area contributed by atoms with Crippen LogP contribution < -0.4 is 0 Å². The summed E-state index contributed by atoms with van der Waals surface area (Å²) in [4.78, 5) is 20.4. The van der Waals surface area contributed by atoms with Crippen molar-refractivity contribution in [3.8, 4) is 0 Å². The van der Waals surface area contributed by atoms with Crippen molar-refractivity contribution in [3.63, 3.8) is 0 Å². The molecule has 0 radical (unpaired) electrons. The highest BCUT2D eigenvalue weighted by Crippen LogP contribution is 2.37. The predicted octanol–water partition coefficient (Wildman–Crippen LogP) is 2.19. The molecule has 16 heavy (non-hydrogen) atoms. The maximum absolute atomic E-state index is 11.0. The molecule has 0 fully saturated rings. The number of alkyl halides is 1. The zero-order valence-electron chi connectivity index (χ0n) is 9.08. The third kappa shape index (κ3) is 2.11. The Hall–Kier alpha value is -1.29. The zero-order valence-corrected chi connectivity index (χ0v) is 9.84. The highest BCUT2D eigenvalue weighted by molar-refractivity contribution is 6.36. The highest BCUT2D eigenvalue weighted by atomic mass is 35.5. The quantitative estimate of drug-likeness (QED) is 0.747. The molecule has 88 valence electrons. The van der Waals surface area contributed by atoms with Crippen LogP contribution in [0.15, 0.2) is 22.8 Å². The van der Waals surface area contributed by atoms with E-state index in [2.05, 4.69) is 0 Å². The van der Waals surface area contributed by atoms with Crippen molar-refractivity contribution in [2.45, 2.75) is 31.6 Å². The van der Waals surface area contributed by atoms with Gasteiger partial charge in [-0.15, -0.1) is 11.6 Å². The second-order valence-corrected chi connectivity index (χ2v) is 4.45. The SMILES string of the molecule is CCC1=CC(Cl)(C(=O)O)CC(C(=O)O)=C1C. The van der Waals surface area contributed by atoms with Gasteiger partial charge in [-0.3, -0.25) is 0 Å². The molecule has 4 nitrogen and oxygen atoms in total. The fourth-order valence-electron chi connectivity index (χ4n) is 1.76. The van der Waals surface area contributed by atoms with Gasteiger partial charge in [0.25, 0.3) is 0 Å². The van der Waals surface area contributed by atoms with Gasteiger partial charge in [-0.25, -0.2) is 9.59 Å². The molecule has 1 rings (SSSR count). The number of rotatable bonds is 3. The average molecular weight is 245 g/mol. The third-order valence-corrected chi connectivity index (χ3v) is 3.17. The summed E-state index contributed by atoms with van der Waals surface area (Å²) >= 11 is 5.91. The molecule has 0 saturated heterocycles. The van der Waals surface area contributed by atoms with Crippen LogP contribution in [-0.4, -0.2) is 27.0 Å². The number of carboxylic acid groups (broad SMARTS) is 2. The van der Waals surface area contributed by atoms with Gasteiger partial charge in [-0.1, -0.05) is 6.92 Å². The minimum atomic E-state index is -1.63. The molecular formula is C11H13ClO4. The van der Waals surface area contributed by atoms with Gasteiger partial charge in [0.15, 0.2) is 4.87 Å². The molecule has 1 aliphatic rings. The third-order valence-electron chi connectivity index (χ3n) is 2.77. The topological polar surface area (TPSA) is 74.6 Å². The molecule has 5 heteroatoms. The van der Waals surface area contributed by atoms with Gasteiger partial charge in [0.1, 0.15) is 0 Å². The van der Waals surface area contributed by atoms with Crippen molar-refractivity contribution in [1.82, 2.24) is 0 Å². The first-order valence-corrected chi connectivity index (χ1v) is 5.27. The number of carboxylic acids is 2. The summed E-state index contributed by atoms with van der Waals surface area (Å²) in [7, 11) is 0. The lowest BCUT2D eigenvalue weighted by atomic mass is 9.83. The molecule has 0 aromatic rings. The van der Waals surface area contributed by atoms with Crippen LogP contribution in [0.4, 0.5) is 0 Å². The van der Waals surface area contributed by atoms with Crippen LogP contribution in [0.2, 0.25) is 0 Å². The Morgan fingerprint density at radius 3 is 2.44 bits per heavy atom. The van der Waals surface area contributed by atoms with Gasteiger partial charge >= 0.3 is 11.9 Å². The van der Waals surface area contributed by atoms with Crippen LogP contribution in [-0.2, 0) is 9.59 Å². The van der Waals surface area contributed by atoms with E-state index in [1.807, 2.05) is 6.92 Å². The molecule has 1 aliphatic carbocycles. The molecule has 0 aromatic carbocycles. The number of hydrogen-bond acceptors (Lipinski definition) is 2.